The molecule has 0 aromatic rings. The highest BCUT2D eigenvalue weighted by atomic mass is 35.5. The first kappa shape index (κ1) is 8.51. The molecule has 1 aliphatic carbocycles. The number of rotatable bonds is 0. The van der Waals surface area contributed by atoms with Crippen molar-refractivity contribution in [2.45, 2.75) is 6.92 Å². The number of fused-ring (bicyclic) bond motifs is 1. The molecule has 3 nitrogen and oxygen atoms in total. The molecule has 0 aromatic carbocycles. The van der Waals surface area contributed by atoms with Gasteiger partial charge in [-0.15, -0.1) is 0 Å². The number of carbonyl (C=O) groups is 2. The molecule has 1 heterocycles. The number of cyclic esters (lactones) is 2. The summed E-state index contributed by atoms with van der Waals surface area (Å²) >= 11 is 5.82. The second-order valence-electron chi connectivity index (χ2n) is 3.13. The van der Waals surface area contributed by atoms with Crippen LogP contribution in [-0.4, -0.2) is 11.9 Å². The maximum Gasteiger partial charge on any atom is 0.321 e. The summed E-state index contributed by atoms with van der Waals surface area (Å²) < 4.78 is 4.51. The first-order valence-electron chi connectivity index (χ1n) is 3.91. The van der Waals surface area contributed by atoms with E-state index in [1.165, 1.54) is 0 Å². The molecule has 1 fully saturated rings. The Kier molecular flexibility index (Phi) is 1.77. The smallest absolute Gasteiger partial charge is 0.321 e. The molecule has 68 valence electrons. The SMILES string of the molecule is CC1=C(Cl)C=CC2C(=O)OC(=O)C12. The molecule has 0 radical (unpaired) electrons. The molecule has 0 amide bonds. The number of allylic oxidation sites excluding steroid dienone is 2. The van der Waals surface area contributed by atoms with Gasteiger partial charge in [0.15, 0.2) is 0 Å². The van der Waals surface area contributed by atoms with Gasteiger partial charge in [0.05, 0.1) is 11.8 Å². The fourth-order valence-corrected chi connectivity index (χ4v) is 1.81. The van der Waals surface area contributed by atoms with Crippen LogP contribution < -0.4 is 0 Å². The Bertz CT molecular complexity index is 354. The third-order valence-electron chi connectivity index (χ3n) is 2.38. The number of esters is 2. The third-order valence-corrected chi connectivity index (χ3v) is 2.80. The third kappa shape index (κ3) is 1.11. The van der Waals surface area contributed by atoms with Crippen LogP contribution in [0.5, 0.6) is 0 Å². The lowest BCUT2D eigenvalue weighted by Gasteiger charge is -2.15. The lowest BCUT2D eigenvalue weighted by molar-refractivity contribution is -0.153. The predicted octanol–water partition coefficient (Wildman–Crippen LogP) is 1.38. The second-order valence-corrected chi connectivity index (χ2v) is 3.54. The minimum atomic E-state index is -0.495. The molecule has 4 heteroatoms. The number of carbonyl (C=O) groups excluding carboxylic acids is 2. The largest absolute Gasteiger partial charge is 0.392 e. The van der Waals surface area contributed by atoms with Crippen molar-refractivity contribution in [1.29, 1.82) is 0 Å². The van der Waals surface area contributed by atoms with Crippen molar-refractivity contribution in [2.24, 2.45) is 11.8 Å². The summed E-state index contributed by atoms with van der Waals surface area (Å²) in [6.07, 6.45) is 3.26. The maximum absolute atomic E-state index is 11.2. The van der Waals surface area contributed by atoms with E-state index in [9.17, 15) is 9.59 Å². The van der Waals surface area contributed by atoms with E-state index < -0.39 is 23.8 Å². The van der Waals surface area contributed by atoms with E-state index in [2.05, 4.69) is 4.74 Å². The van der Waals surface area contributed by atoms with Crippen LogP contribution in [0.25, 0.3) is 0 Å². The predicted molar refractivity (Wildman–Crippen MR) is 45.8 cm³/mol. The van der Waals surface area contributed by atoms with Crippen LogP contribution in [0.2, 0.25) is 0 Å². The van der Waals surface area contributed by atoms with Crippen LogP contribution in [0.15, 0.2) is 22.8 Å². The van der Waals surface area contributed by atoms with Gasteiger partial charge in [0.1, 0.15) is 0 Å². The summed E-state index contributed by atoms with van der Waals surface area (Å²) in [6.45, 7) is 1.74. The molecule has 0 spiro atoms. The zero-order valence-corrected chi connectivity index (χ0v) is 7.67. The first-order valence-corrected chi connectivity index (χ1v) is 4.29. The Morgan fingerprint density at radius 2 is 2.08 bits per heavy atom. The van der Waals surface area contributed by atoms with Crippen molar-refractivity contribution in [3.63, 3.8) is 0 Å². The molecule has 1 saturated heterocycles. The average Bonchev–Trinajstić information content (AvgIpc) is 2.35. The highest BCUT2D eigenvalue weighted by Gasteiger charge is 2.45. The van der Waals surface area contributed by atoms with E-state index in [0.29, 0.717) is 10.6 Å². The van der Waals surface area contributed by atoms with Crippen LogP contribution in [0.1, 0.15) is 6.92 Å². The van der Waals surface area contributed by atoms with Crippen LogP contribution >= 0.6 is 11.6 Å². The van der Waals surface area contributed by atoms with E-state index in [4.69, 9.17) is 11.6 Å². The summed E-state index contributed by atoms with van der Waals surface area (Å²) in [5.41, 5.74) is 0.713. The Morgan fingerprint density at radius 3 is 2.77 bits per heavy atom. The molecular weight excluding hydrogens is 192 g/mol. The van der Waals surface area contributed by atoms with Gasteiger partial charge in [-0.2, -0.15) is 0 Å². The van der Waals surface area contributed by atoms with Crippen molar-refractivity contribution < 1.29 is 14.3 Å². The molecule has 13 heavy (non-hydrogen) atoms. The Morgan fingerprint density at radius 1 is 1.38 bits per heavy atom. The lowest BCUT2D eigenvalue weighted by Crippen LogP contribution is -2.19. The zero-order chi connectivity index (χ0) is 9.59. The molecule has 2 unspecified atom stereocenters. The Labute approximate surface area is 80.0 Å². The molecule has 0 N–H and O–H groups in total. The monoisotopic (exact) mass is 198 g/mol. The second kappa shape index (κ2) is 2.70. The minimum absolute atomic E-state index is 0.463. The molecule has 2 aliphatic rings. The van der Waals surface area contributed by atoms with Crippen molar-refractivity contribution in [1.82, 2.24) is 0 Å². The summed E-state index contributed by atoms with van der Waals surface area (Å²) in [4.78, 5) is 22.3. The van der Waals surface area contributed by atoms with Gasteiger partial charge in [-0.25, -0.2) is 0 Å². The average molecular weight is 199 g/mol. The van der Waals surface area contributed by atoms with E-state index >= 15 is 0 Å². The highest BCUT2D eigenvalue weighted by Crippen LogP contribution is 2.37. The van der Waals surface area contributed by atoms with Gasteiger partial charge in [-0.05, 0) is 18.6 Å². The van der Waals surface area contributed by atoms with Crippen molar-refractivity contribution in [3.05, 3.63) is 22.8 Å². The van der Waals surface area contributed by atoms with Crippen molar-refractivity contribution >= 4 is 23.5 Å². The van der Waals surface area contributed by atoms with Crippen LogP contribution in [0, 0.1) is 11.8 Å². The number of halogens is 1. The molecule has 0 aromatic heterocycles. The Balaban J connectivity index is 2.46. The first-order chi connectivity index (χ1) is 6.11. The van der Waals surface area contributed by atoms with Crippen LogP contribution in [0.4, 0.5) is 0 Å². The fourth-order valence-electron chi connectivity index (χ4n) is 1.62. The van der Waals surface area contributed by atoms with Gasteiger partial charge in [0.25, 0.3) is 0 Å². The zero-order valence-electron chi connectivity index (χ0n) is 6.91. The summed E-state index contributed by atoms with van der Waals surface area (Å²) in [5.74, 6) is -1.93. The van der Waals surface area contributed by atoms with E-state index in [0.717, 1.165) is 0 Å². The van der Waals surface area contributed by atoms with Gasteiger partial charge < -0.3 is 4.74 Å². The number of hydrogen-bond donors (Lipinski definition) is 0. The van der Waals surface area contributed by atoms with E-state index in [1.807, 2.05) is 0 Å². The fraction of sp³-hybridized carbons (Fsp3) is 0.333. The molecule has 2 atom stereocenters. The molecular formula is C9H7ClO3. The van der Waals surface area contributed by atoms with E-state index in [-0.39, 0.29) is 0 Å². The number of hydrogen-bond acceptors (Lipinski definition) is 3. The molecule has 2 rings (SSSR count). The Hall–Kier alpha value is -1.09. The summed E-state index contributed by atoms with van der Waals surface area (Å²) in [5, 5.41) is 0.521. The lowest BCUT2D eigenvalue weighted by atomic mass is 9.85. The highest BCUT2D eigenvalue weighted by molar-refractivity contribution is 6.32. The van der Waals surface area contributed by atoms with Gasteiger partial charge in [0, 0.05) is 5.03 Å². The normalized spacial score (nSPS) is 32.2. The maximum atomic E-state index is 11.2. The minimum Gasteiger partial charge on any atom is -0.392 e. The van der Waals surface area contributed by atoms with Crippen LogP contribution in [0.3, 0.4) is 0 Å². The standard InChI is InChI=1S/C9H7ClO3/c1-4-6(10)3-2-5-7(4)9(12)13-8(5)11/h2-3,5,7H,1H3. The molecule has 0 saturated carbocycles. The van der Waals surface area contributed by atoms with Gasteiger partial charge in [-0.1, -0.05) is 17.7 Å². The summed E-state index contributed by atoms with van der Waals surface area (Å²) in [6, 6.07) is 0. The van der Waals surface area contributed by atoms with Crippen molar-refractivity contribution in [3.8, 4) is 0 Å². The molecule has 0 bridgehead atoms. The number of ether oxygens (including phenoxy) is 1. The molecule has 1 aliphatic heterocycles. The quantitative estimate of drug-likeness (QED) is 0.436. The van der Waals surface area contributed by atoms with Gasteiger partial charge in [-0.3, -0.25) is 9.59 Å². The van der Waals surface area contributed by atoms with Gasteiger partial charge >= 0.3 is 11.9 Å². The van der Waals surface area contributed by atoms with Crippen LogP contribution in [-0.2, 0) is 14.3 Å². The van der Waals surface area contributed by atoms with Gasteiger partial charge in [0.2, 0.25) is 0 Å². The summed E-state index contributed by atoms with van der Waals surface area (Å²) in [7, 11) is 0. The topological polar surface area (TPSA) is 43.4 Å². The van der Waals surface area contributed by atoms with Crippen molar-refractivity contribution in [2.75, 3.05) is 0 Å². The van der Waals surface area contributed by atoms with E-state index in [1.54, 1.807) is 19.1 Å².